The van der Waals surface area contributed by atoms with Crippen LogP contribution in [0.2, 0.25) is 0 Å². The highest BCUT2D eigenvalue weighted by molar-refractivity contribution is 7.17. The number of aromatic nitrogens is 2. The summed E-state index contributed by atoms with van der Waals surface area (Å²) in [4.78, 5) is 27.2. The molecule has 27 heavy (non-hydrogen) atoms. The van der Waals surface area contributed by atoms with Gasteiger partial charge in [0.15, 0.2) is 0 Å². The van der Waals surface area contributed by atoms with Gasteiger partial charge in [-0.3, -0.25) is 9.69 Å². The minimum atomic E-state index is 0.107. The molecule has 0 radical (unpaired) electrons. The Labute approximate surface area is 166 Å². The fourth-order valence-electron chi connectivity index (χ4n) is 3.59. The number of piperazine rings is 1. The van der Waals surface area contributed by atoms with E-state index in [1.165, 1.54) is 10.9 Å². The number of nitrogens with one attached hydrogen (secondary N) is 1. The van der Waals surface area contributed by atoms with Crippen molar-refractivity contribution in [2.24, 2.45) is 5.92 Å². The van der Waals surface area contributed by atoms with Crippen LogP contribution in [0, 0.1) is 12.8 Å². The molecule has 0 atom stereocenters. The van der Waals surface area contributed by atoms with Crippen molar-refractivity contribution in [3.05, 3.63) is 16.8 Å². The molecule has 0 aliphatic carbocycles. The smallest absolute Gasteiger partial charge is 0.234 e. The number of rotatable bonds is 6. The highest BCUT2D eigenvalue weighted by atomic mass is 32.1. The fraction of sp³-hybridized carbons (Fsp3) is 0.650. The Bertz CT molecular complexity index is 793. The lowest BCUT2D eigenvalue weighted by atomic mass is 10.0. The summed E-state index contributed by atoms with van der Waals surface area (Å²) >= 11 is 1.72. The van der Waals surface area contributed by atoms with Gasteiger partial charge in [0.05, 0.1) is 11.9 Å². The van der Waals surface area contributed by atoms with Gasteiger partial charge in [-0.05, 0) is 44.1 Å². The first-order valence-electron chi connectivity index (χ1n) is 9.85. The Morgan fingerprint density at radius 2 is 1.89 bits per heavy atom. The van der Waals surface area contributed by atoms with E-state index in [1.54, 1.807) is 11.3 Å². The molecule has 2 aromatic heterocycles. The minimum Gasteiger partial charge on any atom is -0.353 e. The van der Waals surface area contributed by atoms with Crippen LogP contribution in [0.1, 0.15) is 39.1 Å². The lowest BCUT2D eigenvalue weighted by Crippen LogP contribution is -2.50. The van der Waals surface area contributed by atoms with Crippen LogP contribution < -0.4 is 10.2 Å². The number of carbonyl (C=O) groups excluding carboxylic acids is 1. The molecule has 1 N–H and O–H groups in total. The van der Waals surface area contributed by atoms with Gasteiger partial charge in [-0.15, -0.1) is 11.3 Å². The first kappa shape index (κ1) is 20.0. The second kappa shape index (κ2) is 8.52. The van der Waals surface area contributed by atoms with Gasteiger partial charge in [-0.25, -0.2) is 9.97 Å². The Hall–Kier alpha value is -1.73. The molecule has 0 aromatic carbocycles. The van der Waals surface area contributed by atoms with Gasteiger partial charge in [0, 0.05) is 32.2 Å². The minimum absolute atomic E-state index is 0.107. The molecule has 0 spiro atoms. The standard InChI is InChI=1S/C20H31N5OS/c1-13(2)10-16-12-27-20-18(16)19(22-15(5)23-20)25-8-6-24(7-9-25)11-17(26)21-14(3)4/h12-14H,6-11H2,1-5H3,(H,21,26). The van der Waals surface area contributed by atoms with Crippen LogP contribution in [0.4, 0.5) is 5.82 Å². The molecule has 7 heteroatoms. The quantitative estimate of drug-likeness (QED) is 0.823. The molecule has 1 aliphatic rings. The number of hydrogen-bond acceptors (Lipinski definition) is 6. The summed E-state index contributed by atoms with van der Waals surface area (Å²) in [5.41, 5.74) is 1.36. The lowest BCUT2D eigenvalue weighted by molar-refractivity contribution is -0.122. The van der Waals surface area contributed by atoms with Gasteiger partial charge in [0.2, 0.25) is 5.91 Å². The highest BCUT2D eigenvalue weighted by Gasteiger charge is 2.24. The zero-order chi connectivity index (χ0) is 19.6. The maximum atomic E-state index is 12.0. The number of thiophene rings is 1. The second-order valence-corrected chi connectivity index (χ2v) is 8.98. The summed E-state index contributed by atoms with van der Waals surface area (Å²) < 4.78 is 0. The van der Waals surface area contributed by atoms with Gasteiger partial charge in [-0.2, -0.15) is 0 Å². The highest BCUT2D eigenvalue weighted by Crippen LogP contribution is 2.33. The third-order valence-electron chi connectivity index (χ3n) is 4.72. The van der Waals surface area contributed by atoms with E-state index in [-0.39, 0.29) is 11.9 Å². The van der Waals surface area contributed by atoms with Crippen molar-refractivity contribution < 1.29 is 4.79 Å². The van der Waals surface area contributed by atoms with Crippen LogP contribution in [-0.4, -0.2) is 59.5 Å². The average Bonchev–Trinajstić information content (AvgIpc) is 2.96. The topological polar surface area (TPSA) is 61.4 Å². The van der Waals surface area contributed by atoms with E-state index in [1.807, 2.05) is 20.8 Å². The SMILES string of the molecule is Cc1nc(N2CCN(CC(=O)NC(C)C)CC2)c2c(CC(C)C)csc2n1. The van der Waals surface area contributed by atoms with Crippen LogP contribution in [-0.2, 0) is 11.2 Å². The van der Waals surface area contributed by atoms with E-state index in [2.05, 4.69) is 39.3 Å². The third-order valence-corrected chi connectivity index (χ3v) is 5.64. The Balaban J connectivity index is 1.75. The van der Waals surface area contributed by atoms with Gasteiger partial charge in [0.1, 0.15) is 16.5 Å². The Morgan fingerprint density at radius 3 is 2.52 bits per heavy atom. The molecule has 1 saturated heterocycles. The Morgan fingerprint density at radius 1 is 1.19 bits per heavy atom. The van der Waals surface area contributed by atoms with E-state index >= 15 is 0 Å². The van der Waals surface area contributed by atoms with Gasteiger partial charge in [0.25, 0.3) is 0 Å². The summed E-state index contributed by atoms with van der Waals surface area (Å²) in [6.45, 7) is 14.5. The van der Waals surface area contributed by atoms with Crippen LogP contribution in [0.15, 0.2) is 5.38 Å². The number of carbonyl (C=O) groups is 1. The van der Waals surface area contributed by atoms with Crippen molar-refractivity contribution >= 4 is 33.3 Å². The lowest BCUT2D eigenvalue weighted by Gasteiger charge is -2.35. The molecule has 2 aromatic rings. The molecule has 0 unspecified atom stereocenters. The van der Waals surface area contributed by atoms with E-state index in [9.17, 15) is 4.79 Å². The van der Waals surface area contributed by atoms with Crippen molar-refractivity contribution in [2.45, 2.75) is 47.1 Å². The summed E-state index contributed by atoms with van der Waals surface area (Å²) in [5.74, 6) is 2.61. The molecule has 1 amide bonds. The van der Waals surface area contributed by atoms with Crippen molar-refractivity contribution in [2.75, 3.05) is 37.6 Å². The van der Waals surface area contributed by atoms with Crippen LogP contribution in [0.3, 0.4) is 0 Å². The molecule has 1 fully saturated rings. The molecule has 3 rings (SSSR count). The van der Waals surface area contributed by atoms with Crippen LogP contribution >= 0.6 is 11.3 Å². The number of hydrogen-bond donors (Lipinski definition) is 1. The van der Waals surface area contributed by atoms with Gasteiger partial charge < -0.3 is 10.2 Å². The summed E-state index contributed by atoms with van der Waals surface area (Å²) in [7, 11) is 0. The summed E-state index contributed by atoms with van der Waals surface area (Å²) in [6.07, 6.45) is 1.05. The van der Waals surface area contributed by atoms with E-state index in [4.69, 9.17) is 4.98 Å². The summed E-state index contributed by atoms with van der Waals surface area (Å²) in [6, 6.07) is 0.189. The average molecular weight is 390 g/mol. The fourth-order valence-corrected chi connectivity index (χ4v) is 4.59. The van der Waals surface area contributed by atoms with Gasteiger partial charge in [-0.1, -0.05) is 13.8 Å². The molecular formula is C20H31N5OS. The van der Waals surface area contributed by atoms with Crippen molar-refractivity contribution in [1.82, 2.24) is 20.2 Å². The normalized spacial score (nSPS) is 15.9. The van der Waals surface area contributed by atoms with Crippen molar-refractivity contribution in [3.8, 4) is 0 Å². The number of anilines is 1. The maximum absolute atomic E-state index is 12.0. The molecule has 0 bridgehead atoms. The Kier molecular flexibility index (Phi) is 6.32. The first-order valence-corrected chi connectivity index (χ1v) is 10.7. The zero-order valence-corrected chi connectivity index (χ0v) is 17.9. The van der Waals surface area contributed by atoms with Crippen LogP contribution in [0.5, 0.6) is 0 Å². The first-order chi connectivity index (χ1) is 12.8. The monoisotopic (exact) mass is 389 g/mol. The van der Waals surface area contributed by atoms with Gasteiger partial charge >= 0.3 is 0 Å². The van der Waals surface area contributed by atoms with E-state index in [0.717, 1.165) is 49.1 Å². The van der Waals surface area contributed by atoms with E-state index in [0.29, 0.717) is 12.5 Å². The predicted molar refractivity (Wildman–Crippen MR) is 113 cm³/mol. The molecule has 148 valence electrons. The summed E-state index contributed by atoms with van der Waals surface area (Å²) in [5, 5.41) is 6.45. The van der Waals surface area contributed by atoms with Crippen molar-refractivity contribution in [1.29, 1.82) is 0 Å². The number of aryl methyl sites for hydroxylation is 1. The molecular weight excluding hydrogens is 358 g/mol. The third kappa shape index (κ3) is 4.96. The molecule has 0 saturated carbocycles. The predicted octanol–water partition coefficient (Wildman–Crippen LogP) is 2.84. The molecule has 1 aliphatic heterocycles. The zero-order valence-electron chi connectivity index (χ0n) is 17.1. The largest absolute Gasteiger partial charge is 0.353 e. The maximum Gasteiger partial charge on any atom is 0.234 e. The number of amides is 1. The van der Waals surface area contributed by atoms with E-state index < -0.39 is 0 Å². The molecule has 6 nitrogen and oxygen atoms in total. The second-order valence-electron chi connectivity index (χ2n) is 8.12. The number of fused-ring (bicyclic) bond motifs is 1. The van der Waals surface area contributed by atoms with Crippen molar-refractivity contribution in [3.63, 3.8) is 0 Å². The molecule has 3 heterocycles. The number of nitrogens with zero attached hydrogens (tertiary/aromatic N) is 4. The van der Waals surface area contributed by atoms with Crippen LogP contribution in [0.25, 0.3) is 10.2 Å².